The monoisotopic (exact) mass is 255 g/mol. The molecule has 1 aromatic carbocycles. The van der Waals surface area contributed by atoms with E-state index in [1.165, 1.54) is 5.56 Å². The molecule has 0 saturated heterocycles. The van der Waals surface area contributed by atoms with Crippen LogP contribution in [0.3, 0.4) is 0 Å². The molecule has 0 amide bonds. The van der Waals surface area contributed by atoms with E-state index in [1.807, 2.05) is 37.3 Å². The van der Waals surface area contributed by atoms with Crippen LogP contribution in [-0.2, 0) is 13.0 Å². The Morgan fingerprint density at radius 3 is 3.11 bits per heavy atom. The van der Waals surface area contributed by atoms with Gasteiger partial charge in [-0.25, -0.2) is 0 Å². The van der Waals surface area contributed by atoms with Crippen molar-refractivity contribution in [3.8, 4) is 5.75 Å². The first-order valence-corrected chi connectivity index (χ1v) is 6.58. The number of hydrogen-bond donors (Lipinski definition) is 1. The molecule has 3 nitrogen and oxygen atoms in total. The highest BCUT2D eigenvalue weighted by molar-refractivity contribution is 5.40. The third kappa shape index (κ3) is 2.47. The van der Waals surface area contributed by atoms with Gasteiger partial charge in [0.15, 0.2) is 0 Å². The smallest absolute Gasteiger partial charge is 0.130 e. The molecule has 0 unspecified atom stereocenters. The maximum Gasteiger partial charge on any atom is 0.130 e. The third-order valence-electron chi connectivity index (χ3n) is 3.65. The number of benzene rings is 1. The molecule has 0 saturated carbocycles. The van der Waals surface area contributed by atoms with Gasteiger partial charge in [0.2, 0.25) is 0 Å². The van der Waals surface area contributed by atoms with E-state index in [0.29, 0.717) is 6.61 Å². The average molecular weight is 255 g/mol. The number of nitrogens with zero attached hydrogens (tertiary/aromatic N) is 1. The van der Waals surface area contributed by atoms with Crippen LogP contribution in [0.2, 0.25) is 0 Å². The summed E-state index contributed by atoms with van der Waals surface area (Å²) in [5.74, 6) is 0.845. The molecular weight excluding hydrogens is 238 g/mol. The minimum absolute atomic E-state index is 0.304. The van der Waals surface area contributed by atoms with Gasteiger partial charge in [0.05, 0.1) is 11.8 Å². The molecule has 19 heavy (non-hydrogen) atoms. The standard InChI is InChI=1S/C16H17NO2/c1-11-3-2-8-17-15(11)10-19-13-5-6-14-12(9-13)4-7-16(14)18/h2-3,5-6,8-9,16,18H,4,7,10H2,1H3/t16-/m1/s1. The third-order valence-corrected chi connectivity index (χ3v) is 3.65. The molecule has 0 fully saturated rings. The van der Waals surface area contributed by atoms with Gasteiger partial charge >= 0.3 is 0 Å². The van der Waals surface area contributed by atoms with Crippen LogP contribution in [0.25, 0.3) is 0 Å². The summed E-state index contributed by atoms with van der Waals surface area (Å²) < 4.78 is 5.79. The maximum absolute atomic E-state index is 9.77. The van der Waals surface area contributed by atoms with Gasteiger partial charge in [0.25, 0.3) is 0 Å². The lowest BCUT2D eigenvalue weighted by molar-refractivity contribution is 0.180. The second-order valence-corrected chi connectivity index (χ2v) is 4.97. The van der Waals surface area contributed by atoms with Crippen LogP contribution in [0.1, 0.15) is 34.9 Å². The van der Waals surface area contributed by atoms with Crippen molar-refractivity contribution in [3.05, 3.63) is 58.9 Å². The van der Waals surface area contributed by atoms with Crippen molar-refractivity contribution in [2.24, 2.45) is 0 Å². The molecule has 1 aliphatic carbocycles. The lowest BCUT2D eigenvalue weighted by Gasteiger charge is -2.10. The molecule has 1 aliphatic rings. The van der Waals surface area contributed by atoms with Crippen LogP contribution in [0.15, 0.2) is 36.5 Å². The van der Waals surface area contributed by atoms with Gasteiger partial charge in [-0.15, -0.1) is 0 Å². The second kappa shape index (κ2) is 5.02. The Hall–Kier alpha value is -1.87. The molecule has 0 bridgehead atoms. The van der Waals surface area contributed by atoms with Crippen LogP contribution in [0, 0.1) is 6.92 Å². The molecular formula is C16H17NO2. The van der Waals surface area contributed by atoms with Gasteiger partial charge in [-0.2, -0.15) is 0 Å². The lowest BCUT2D eigenvalue weighted by atomic mass is 10.1. The van der Waals surface area contributed by atoms with E-state index in [9.17, 15) is 5.11 Å². The molecule has 1 atom stereocenters. The first kappa shape index (κ1) is 12.2. The molecule has 1 heterocycles. The zero-order chi connectivity index (χ0) is 13.2. The van der Waals surface area contributed by atoms with Crippen molar-refractivity contribution in [2.75, 3.05) is 0 Å². The Labute approximate surface area is 112 Å². The number of aryl methyl sites for hydroxylation is 2. The van der Waals surface area contributed by atoms with E-state index >= 15 is 0 Å². The minimum Gasteiger partial charge on any atom is -0.487 e. The number of fused-ring (bicyclic) bond motifs is 1. The molecule has 0 aliphatic heterocycles. The van der Waals surface area contributed by atoms with E-state index in [1.54, 1.807) is 6.20 Å². The number of aliphatic hydroxyl groups is 1. The molecule has 3 heteroatoms. The number of pyridine rings is 1. The highest BCUT2D eigenvalue weighted by Crippen LogP contribution is 2.33. The first-order chi connectivity index (χ1) is 9.24. The fourth-order valence-corrected chi connectivity index (χ4v) is 2.48. The minimum atomic E-state index is -0.304. The van der Waals surface area contributed by atoms with Gasteiger partial charge in [0, 0.05) is 6.20 Å². The SMILES string of the molecule is Cc1cccnc1COc1ccc2c(c1)CC[C@H]2O. The van der Waals surface area contributed by atoms with Crippen molar-refractivity contribution in [1.29, 1.82) is 0 Å². The summed E-state index contributed by atoms with van der Waals surface area (Å²) in [7, 11) is 0. The van der Waals surface area contributed by atoms with E-state index in [0.717, 1.165) is 35.4 Å². The van der Waals surface area contributed by atoms with E-state index < -0.39 is 0 Å². The van der Waals surface area contributed by atoms with Crippen LogP contribution < -0.4 is 4.74 Å². The van der Waals surface area contributed by atoms with Gasteiger partial charge in [0.1, 0.15) is 12.4 Å². The molecule has 0 radical (unpaired) electrons. The lowest BCUT2D eigenvalue weighted by Crippen LogP contribution is -2.01. The number of ether oxygens (including phenoxy) is 1. The van der Waals surface area contributed by atoms with E-state index in [2.05, 4.69) is 4.98 Å². The van der Waals surface area contributed by atoms with Crippen molar-refractivity contribution >= 4 is 0 Å². The summed E-state index contributed by atoms with van der Waals surface area (Å²) in [5, 5.41) is 9.77. The van der Waals surface area contributed by atoms with Gasteiger partial charge in [-0.05, 0) is 54.7 Å². The van der Waals surface area contributed by atoms with Crippen molar-refractivity contribution in [2.45, 2.75) is 32.5 Å². The predicted octanol–water partition coefficient (Wildman–Crippen LogP) is 2.95. The Balaban J connectivity index is 1.73. The fraction of sp³-hybridized carbons (Fsp3) is 0.312. The second-order valence-electron chi connectivity index (χ2n) is 4.97. The van der Waals surface area contributed by atoms with Crippen molar-refractivity contribution in [1.82, 2.24) is 4.98 Å². The molecule has 0 spiro atoms. The van der Waals surface area contributed by atoms with Crippen molar-refractivity contribution < 1.29 is 9.84 Å². The molecule has 1 N–H and O–H groups in total. The Bertz CT molecular complexity index is 595. The normalized spacial score (nSPS) is 17.3. The Morgan fingerprint density at radius 1 is 1.37 bits per heavy atom. The highest BCUT2D eigenvalue weighted by Gasteiger charge is 2.20. The summed E-state index contributed by atoms with van der Waals surface area (Å²) in [6.45, 7) is 2.51. The van der Waals surface area contributed by atoms with Gasteiger partial charge in [-0.3, -0.25) is 4.98 Å². The van der Waals surface area contributed by atoms with E-state index in [4.69, 9.17) is 4.74 Å². The summed E-state index contributed by atoms with van der Waals surface area (Å²) in [6.07, 6.45) is 3.22. The highest BCUT2D eigenvalue weighted by atomic mass is 16.5. The van der Waals surface area contributed by atoms with Crippen LogP contribution in [-0.4, -0.2) is 10.1 Å². The van der Waals surface area contributed by atoms with E-state index in [-0.39, 0.29) is 6.10 Å². The summed E-state index contributed by atoms with van der Waals surface area (Å²) in [6, 6.07) is 9.88. The average Bonchev–Trinajstić information content (AvgIpc) is 2.79. The Kier molecular flexibility index (Phi) is 3.22. The number of aromatic nitrogens is 1. The van der Waals surface area contributed by atoms with Crippen LogP contribution in [0.4, 0.5) is 0 Å². The van der Waals surface area contributed by atoms with Crippen LogP contribution in [0.5, 0.6) is 5.75 Å². The number of aliphatic hydroxyl groups excluding tert-OH is 1. The first-order valence-electron chi connectivity index (χ1n) is 6.58. The fourth-order valence-electron chi connectivity index (χ4n) is 2.48. The number of rotatable bonds is 3. The van der Waals surface area contributed by atoms with Crippen LogP contribution >= 0.6 is 0 Å². The zero-order valence-corrected chi connectivity index (χ0v) is 11.0. The summed E-state index contributed by atoms with van der Waals surface area (Å²) in [4.78, 5) is 4.31. The molecule has 2 aromatic rings. The summed E-state index contributed by atoms with van der Waals surface area (Å²) >= 11 is 0. The zero-order valence-electron chi connectivity index (χ0n) is 11.0. The molecule has 3 rings (SSSR count). The summed E-state index contributed by atoms with van der Waals surface area (Å²) in [5.41, 5.74) is 4.34. The molecule has 98 valence electrons. The van der Waals surface area contributed by atoms with Gasteiger partial charge < -0.3 is 9.84 Å². The molecule has 1 aromatic heterocycles. The topological polar surface area (TPSA) is 42.4 Å². The van der Waals surface area contributed by atoms with Gasteiger partial charge in [-0.1, -0.05) is 12.1 Å². The largest absolute Gasteiger partial charge is 0.487 e. The quantitative estimate of drug-likeness (QED) is 0.917. The maximum atomic E-state index is 9.77. The predicted molar refractivity (Wildman–Crippen MR) is 73.0 cm³/mol. The van der Waals surface area contributed by atoms with Crippen molar-refractivity contribution in [3.63, 3.8) is 0 Å². The Morgan fingerprint density at radius 2 is 2.26 bits per heavy atom. The number of hydrogen-bond acceptors (Lipinski definition) is 3.